The highest BCUT2D eigenvalue weighted by molar-refractivity contribution is 5.40. The van der Waals surface area contributed by atoms with Crippen LogP contribution in [0.15, 0.2) is 34.9 Å². The average molecular weight is 255 g/mol. The smallest absolute Gasteiger partial charge is 0.105 e. The van der Waals surface area contributed by atoms with Gasteiger partial charge in [-0.15, -0.1) is 0 Å². The van der Waals surface area contributed by atoms with Gasteiger partial charge in [0.1, 0.15) is 5.76 Å². The maximum absolute atomic E-state index is 5.47. The van der Waals surface area contributed by atoms with Crippen LogP contribution in [0.4, 0.5) is 0 Å². The molecule has 1 heterocycles. The van der Waals surface area contributed by atoms with E-state index in [0.29, 0.717) is 0 Å². The number of hydrogen-bond donors (Lipinski definition) is 1. The van der Waals surface area contributed by atoms with Crippen molar-refractivity contribution in [3.63, 3.8) is 0 Å². The van der Waals surface area contributed by atoms with Gasteiger partial charge in [0, 0.05) is 5.56 Å². The molecule has 0 saturated carbocycles. The lowest BCUT2D eigenvalue weighted by atomic mass is 9.96. The third-order valence-electron chi connectivity index (χ3n) is 4.07. The lowest BCUT2D eigenvalue weighted by Crippen LogP contribution is -2.22. The minimum atomic E-state index is 0.245. The van der Waals surface area contributed by atoms with E-state index in [1.165, 1.54) is 41.5 Å². The predicted molar refractivity (Wildman–Crippen MR) is 77.4 cm³/mol. The number of aryl methyl sites for hydroxylation is 3. The van der Waals surface area contributed by atoms with E-state index in [0.717, 1.165) is 12.3 Å². The number of benzene rings is 1. The molecule has 19 heavy (non-hydrogen) atoms. The predicted octanol–water partition coefficient (Wildman–Crippen LogP) is 3.78. The molecule has 2 heteroatoms. The molecular weight excluding hydrogens is 234 g/mol. The van der Waals surface area contributed by atoms with Crippen LogP contribution in [0.5, 0.6) is 0 Å². The lowest BCUT2D eigenvalue weighted by molar-refractivity contribution is 0.520. The van der Waals surface area contributed by atoms with Crippen LogP contribution in [0, 0.1) is 6.92 Å². The molecule has 0 saturated heterocycles. The zero-order chi connectivity index (χ0) is 13.2. The van der Waals surface area contributed by atoms with E-state index < -0.39 is 0 Å². The number of furan rings is 1. The Labute approximate surface area is 114 Å². The molecule has 1 unspecified atom stereocenters. The van der Waals surface area contributed by atoms with E-state index in [2.05, 4.69) is 36.5 Å². The Balaban J connectivity index is 1.98. The molecule has 1 aliphatic rings. The molecule has 0 amide bonds. The van der Waals surface area contributed by atoms with Gasteiger partial charge in [0.05, 0.1) is 12.3 Å². The van der Waals surface area contributed by atoms with Crippen molar-refractivity contribution in [3.05, 3.63) is 58.5 Å². The van der Waals surface area contributed by atoms with E-state index in [1.54, 1.807) is 6.26 Å². The van der Waals surface area contributed by atoms with Gasteiger partial charge < -0.3 is 9.73 Å². The van der Waals surface area contributed by atoms with Crippen LogP contribution in [-0.4, -0.2) is 6.54 Å². The summed E-state index contributed by atoms with van der Waals surface area (Å²) < 4.78 is 5.47. The van der Waals surface area contributed by atoms with E-state index in [9.17, 15) is 0 Å². The van der Waals surface area contributed by atoms with Gasteiger partial charge in [0.15, 0.2) is 0 Å². The van der Waals surface area contributed by atoms with Crippen LogP contribution >= 0.6 is 0 Å². The first-order valence-corrected chi connectivity index (χ1v) is 7.18. The van der Waals surface area contributed by atoms with Gasteiger partial charge in [-0.25, -0.2) is 0 Å². The Kier molecular flexibility index (Phi) is 3.43. The second-order valence-corrected chi connectivity index (χ2v) is 5.30. The Morgan fingerprint density at radius 3 is 2.79 bits per heavy atom. The average Bonchev–Trinajstić information content (AvgIpc) is 3.03. The third-order valence-corrected chi connectivity index (χ3v) is 4.07. The second-order valence-electron chi connectivity index (χ2n) is 5.30. The van der Waals surface area contributed by atoms with Crippen molar-refractivity contribution in [2.24, 2.45) is 0 Å². The Hall–Kier alpha value is -1.54. The third kappa shape index (κ3) is 2.33. The maximum atomic E-state index is 5.47. The Bertz CT molecular complexity index is 570. The summed E-state index contributed by atoms with van der Waals surface area (Å²) in [5.74, 6) is 1.01. The number of hydrogen-bond acceptors (Lipinski definition) is 2. The minimum Gasteiger partial charge on any atom is -0.469 e. The summed E-state index contributed by atoms with van der Waals surface area (Å²) in [7, 11) is 0. The van der Waals surface area contributed by atoms with Gasteiger partial charge in [-0.2, -0.15) is 0 Å². The summed E-state index contributed by atoms with van der Waals surface area (Å²) in [6.07, 6.45) is 5.55. The van der Waals surface area contributed by atoms with E-state index in [4.69, 9.17) is 4.42 Å². The zero-order valence-corrected chi connectivity index (χ0v) is 11.7. The van der Waals surface area contributed by atoms with Crippen LogP contribution < -0.4 is 5.32 Å². The standard InChI is InChI=1S/C17H21NO/c1-3-18-17(16-9-10-19-12(16)2)15-8-7-13-5-4-6-14(13)11-15/h7-11,17-18H,3-6H2,1-2H3. The highest BCUT2D eigenvalue weighted by Gasteiger charge is 2.19. The fourth-order valence-electron chi connectivity index (χ4n) is 3.08. The zero-order valence-electron chi connectivity index (χ0n) is 11.7. The van der Waals surface area contributed by atoms with E-state index in [-0.39, 0.29) is 6.04 Å². The van der Waals surface area contributed by atoms with Crippen molar-refractivity contribution >= 4 is 0 Å². The molecule has 0 fully saturated rings. The lowest BCUT2D eigenvalue weighted by Gasteiger charge is -2.19. The molecular formula is C17H21NO. The maximum Gasteiger partial charge on any atom is 0.105 e. The fraction of sp³-hybridized carbons (Fsp3) is 0.412. The van der Waals surface area contributed by atoms with Gasteiger partial charge in [-0.3, -0.25) is 0 Å². The molecule has 100 valence electrons. The van der Waals surface area contributed by atoms with Crippen molar-refractivity contribution < 1.29 is 4.42 Å². The van der Waals surface area contributed by atoms with Crippen LogP contribution in [-0.2, 0) is 12.8 Å². The van der Waals surface area contributed by atoms with Crippen LogP contribution in [0.2, 0.25) is 0 Å². The molecule has 1 aromatic heterocycles. The Morgan fingerprint density at radius 1 is 1.21 bits per heavy atom. The topological polar surface area (TPSA) is 25.2 Å². The molecule has 0 spiro atoms. The summed E-state index contributed by atoms with van der Waals surface area (Å²) in [6.45, 7) is 5.13. The highest BCUT2D eigenvalue weighted by atomic mass is 16.3. The van der Waals surface area contributed by atoms with E-state index in [1.807, 2.05) is 6.92 Å². The van der Waals surface area contributed by atoms with Gasteiger partial charge in [0.25, 0.3) is 0 Å². The number of nitrogens with one attached hydrogen (secondary N) is 1. The first-order valence-electron chi connectivity index (χ1n) is 7.18. The van der Waals surface area contributed by atoms with Gasteiger partial charge in [0.2, 0.25) is 0 Å². The first-order chi connectivity index (χ1) is 9.29. The molecule has 1 aromatic carbocycles. The molecule has 0 bridgehead atoms. The van der Waals surface area contributed by atoms with Crippen molar-refractivity contribution in [1.29, 1.82) is 0 Å². The van der Waals surface area contributed by atoms with Crippen molar-refractivity contribution in [1.82, 2.24) is 5.32 Å². The van der Waals surface area contributed by atoms with Crippen molar-refractivity contribution in [2.45, 2.75) is 39.2 Å². The monoisotopic (exact) mass is 255 g/mol. The van der Waals surface area contributed by atoms with Gasteiger partial charge in [-0.1, -0.05) is 25.1 Å². The normalized spacial score (nSPS) is 15.5. The van der Waals surface area contributed by atoms with E-state index >= 15 is 0 Å². The summed E-state index contributed by atoms with van der Waals surface area (Å²) in [4.78, 5) is 0. The highest BCUT2D eigenvalue weighted by Crippen LogP contribution is 2.30. The summed E-state index contributed by atoms with van der Waals surface area (Å²) >= 11 is 0. The van der Waals surface area contributed by atoms with Crippen LogP contribution in [0.1, 0.15) is 47.4 Å². The Morgan fingerprint density at radius 2 is 2.05 bits per heavy atom. The van der Waals surface area contributed by atoms with Crippen molar-refractivity contribution in [3.8, 4) is 0 Å². The summed E-state index contributed by atoms with van der Waals surface area (Å²) in [5, 5.41) is 3.57. The minimum absolute atomic E-state index is 0.245. The molecule has 1 aliphatic carbocycles. The largest absolute Gasteiger partial charge is 0.469 e. The SMILES string of the molecule is CCNC(c1ccc2c(c1)CCC2)c1ccoc1C. The van der Waals surface area contributed by atoms with Gasteiger partial charge in [-0.05, 0) is 55.5 Å². The number of fused-ring (bicyclic) bond motifs is 1. The van der Waals surface area contributed by atoms with Crippen molar-refractivity contribution in [2.75, 3.05) is 6.54 Å². The second kappa shape index (κ2) is 5.22. The molecule has 2 aromatic rings. The molecule has 3 rings (SSSR count). The number of rotatable bonds is 4. The van der Waals surface area contributed by atoms with Crippen LogP contribution in [0.3, 0.4) is 0 Å². The van der Waals surface area contributed by atoms with Crippen LogP contribution in [0.25, 0.3) is 0 Å². The quantitative estimate of drug-likeness (QED) is 0.899. The molecule has 0 aliphatic heterocycles. The summed E-state index contributed by atoms with van der Waals surface area (Å²) in [6, 6.07) is 9.27. The molecule has 0 radical (unpaired) electrons. The molecule has 2 nitrogen and oxygen atoms in total. The molecule has 1 N–H and O–H groups in total. The van der Waals surface area contributed by atoms with Gasteiger partial charge >= 0.3 is 0 Å². The summed E-state index contributed by atoms with van der Waals surface area (Å²) in [5.41, 5.74) is 5.66. The molecule has 1 atom stereocenters. The first kappa shape index (κ1) is 12.5. The fourth-order valence-corrected chi connectivity index (χ4v) is 3.08.